The summed E-state index contributed by atoms with van der Waals surface area (Å²) < 4.78 is 1.05. The van der Waals surface area contributed by atoms with Crippen LogP contribution in [0.2, 0.25) is 0 Å². The first kappa shape index (κ1) is 16.1. The van der Waals surface area contributed by atoms with Gasteiger partial charge in [0.15, 0.2) is 0 Å². The number of aromatic amines is 1. The van der Waals surface area contributed by atoms with Crippen LogP contribution in [0.3, 0.4) is 0 Å². The van der Waals surface area contributed by atoms with E-state index in [9.17, 15) is 4.79 Å². The van der Waals surface area contributed by atoms with Crippen LogP contribution >= 0.6 is 27.3 Å². The standard InChI is InChI=1S/C17H18BrN3OS/c1-11-2-3-15-12(8-20-16(15)6-11)4-5-19-17(22)21-9-14-7-13(18)10-23-14/h2-3,6-8,10,20H,4-5,9H2,1H3,(H2,19,21,22). The monoisotopic (exact) mass is 391 g/mol. The van der Waals surface area contributed by atoms with E-state index >= 15 is 0 Å². The van der Waals surface area contributed by atoms with Gasteiger partial charge >= 0.3 is 6.03 Å². The lowest BCUT2D eigenvalue weighted by atomic mass is 10.1. The molecule has 3 aromatic rings. The minimum absolute atomic E-state index is 0.134. The Balaban J connectivity index is 1.47. The number of aryl methyl sites for hydroxylation is 1. The minimum atomic E-state index is -0.134. The Morgan fingerprint density at radius 2 is 2.17 bits per heavy atom. The van der Waals surface area contributed by atoms with Crippen molar-refractivity contribution in [3.63, 3.8) is 0 Å². The number of halogens is 1. The number of H-pyrrole nitrogens is 1. The van der Waals surface area contributed by atoms with Gasteiger partial charge in [0.05, 0.1) is 6.54 Å². The number of benzene rings is 1. The summed E-state index contributed by atoms with van der Waals surface area (Å²) in [5, 5.41) is 9.00. The Labute approximate surface area is 147 Å². The van der Waals surface area contributed by atoms with Crippen LogP contribution in [-0.4, -0.2) is 17.6 Å². The number of aromatic nitrogens is 1. The number of hydrogen-bond donors (Lipinski definition) is 3. The third-order valence-electron chi connectivity index (χ3n) is 3.65. The van der Waals surface area contributed by atoms with E-state index in [0.717, 1.165) is 21.3 Å². The Kier molecular flexibility index (Phi) is 5.03. The van der Waals surface area contributed by atoms with Gasteiger partial charge in [-0.15, -0.1) is 11.3 Å². The summed E-state index contributed by atoms with van der Waals surface area (Å²) in [4.78, 5) is 16.2. The molecule has 0 saturated heterocycles. The van der Waals surface area contributed by atoms with Crippen LogP contribution in [0.4, 0.5) is 4.79 Å². The van der Waals surface area contributed by atoms with Crippen molar-refractivity contribution < 1.29 is 4.79 Å². The Morgan fingerprint density at radius 1 is 1.30 bits per heavy atom. The molecule has 0 aliphatic carbocycles. The first-order chi connectivity index (χ1) is 11.1. The van der Waals surface area contributed by atoms with Crippen LogP contribution in [0.15, 0.2) is 40.3 Å². The molecule has 120 valence electrons. The molecule has 1 aromatic carbocycles. The molecule has 2 heterocycles. The number of carbonyl (C=O) groups is 1. The van der Waals surface area contributed by atoms with Gasteiger partial charge < -0.3 is 15.6 Å². The molecule has 0 aliphatic rings. The maximum atomic E-state index is 11.8. The molecule has 0 radical (unpaired) electrons. The number of nitrogens with one attached hydrogen (secondary N) is 3. The molecular weight excluding hydrogens is 374 g/mol. The molecule has 0 spiro atoms. The summed E-state index contributed by atoms with van der Waals surface area (Å²) in [5.74, 6) is 0. The fraction of sp³-hybridized carbons (Fsp3) is 0.235. The van der Waals surface area contributed by atoms with E-state index in [2.05, 4.69) is 56.7 Å². The molecule has 2 aromatic heterocycles. The largest absolute Gasteiger partial charge is 0.361 e. The average molecular weight is 392 g/mol. The second kappa shape index (κ2) is 7.19. The zero-order valence-corrected chi connectivity index (χ0v) is 15.2. The summed E-state index contributed by atoms with van der Waals surface area (Å²) in [6, 6.07) is 8.26. The Hall–Kier alpha value is -1.79. The quantitative estimate of drug-likeness (QED) is 0.594. The fourth-order valence-electron chi connectivity index (χ4n) is 2.49. The van der Waals surface area contributed by atoms with Crippen molar-refractivity contribution in [3.05, 3.63) is 56.3 Å². The molecule has 23 heavy (non-hydrogen) atoms. The molecule has 0 bridgehead atoms. The topological polar surface area (TPSA) is 56.9 Å². The van der Waals surface area contributed by atoms with E-state index in [1.165, 1.54) is 16.5 Å². The number of thiophene rings is 1. The summed E-state index contributed by atoms with van der Waals surface area (Å²) in [6.45, 7) is 3.24. The fourth-order valence-corrected chi connectivity index (χ4v) is 3.88. The summed E-state index contributed by atoms with van der Waals surface area (Å²) in [6.07, 6.45) is 2.83. The third-order valence-corrected chi connectivity index (χ3v) is 5.35. The van der Waals surface area contributed by atoms with Crippen LogP contribution < -0.4 is 10.6 Å². The molecule has 0 saturated carbocycles. The summed E-state index contributed by atoms with van der Waals surface area (Å²) in [5.41, 5.74) is 3.61. The minimum Gasteiger partial charge on any atom is -0.361 e. The van der Waals surface area contributed by atoms with Crippen molar-refractivity contribution in [1.82, 2.24) is 15.6 Å². The first-order valence-electron chi connectivity index (χ1n) is 7.43. The van der Waals surface area contributed by atoms with Gasteiger partial charge in [-0.2, -0.15) is 0 Å². The highest BCUT2D eigenvalue weighted by Crippen LogP contribution is 2.20. The van der Waals surface area contributed by atoms with Gasteiger partial charge in [0, 0.05) is 38.4 Å². The molecular formula is C17H18BrN3OS. The van der Waals surface area contributed by atoms with Gasteiger partial charge in [-0.1, -0.05) is 12.1 Å². The third kappa shape index (κ3) is 4.14. The number of carbonyl (C=O) groups excluding carboxylic acids is 1. The van der Waals surface area contributed by atoms with Gasteiger partial charge in [0.2, 0.25) is 0 Å². The molecule has 3 N–H and O–H groups in total. The van der Waals surface area contributed by atoms with Crippen LogP contribution in [0.25, 0.3) is 10.9 Å². The second-order valence-electron chi connectivity index (χ2n) is 5.45. The molecule has 0 unspecified atom stereocenters. The van der Waals surface area contributed by atoms with Gasteiger partial charge in [0.1, 0.15) is 0 Å². The number of rotatable bonds is 5. The van der Waals surface area contributed by atoms with Crippen molar-refractivity contribution in [1.29, 1.82) is 0 Å². The Morgan fingerprint density at radius 3 is 2.96 bits per heavy atom. The highest BCUT2D eigenvalue weighted by atomic mass is 79.9. The first-order valence-corrected chi connectivity index (χ1v) is 9.10. The normalized spacial score (nSPS) is 10.9. The summed E-state index contributed by atoms with van der Waals surface area (Å²) in [7, 11) is 0. The molecule has 2 amide bonds. The molecule has 0 atom stereocenters. The lowest BCUT2D eigenvalue weighted by Crippen LogP contribution is -2.35. The van der Waals surface area contributed by atoms with Crippen LogP contribution in [0.1, 0.15) is 16.0 Å². The maximum absolute atomic E-state index is 11.8. The number of hydrogen-bond acceptors (Lipinski definition) is 2. The van der Waals surface area contributed by atoms with Gasteiger partial charge in [-0.25, -0.2) is 4.79 Å². The van der Waals surface area contributed by atoms with Crippen molar-refractivity contribution in [3.8, 4) is 0 Å². The molecule has 0 fully saturated rings. The SMILES string of the molecule is Cc1ccc2c(CCNC(=O)NCc3cc(Br)cs3)c[nH]c2c1. The van der Waals surface area contributed by atoms with E-state index in [4.69, 9.17) is 0 Å². The molecule has 6 heteroatoms. The lowest BCUT2D eigenvalue weighted by Gasteiger charge is -2.06. The highest BCUT2D eigenvalue weighted by molar-refractivity contribution is 9.10. The van der Waals surface area contributed by atoms with Gasteiger partial charge in [0.25, 0.3) is 0 Å². The lowest BCUT2D eigenvalue weighted by molar-refractivity contribution is 0.240. The Bertz CT molecular complexity index is 824. The van der Waals surface area contributed by atoms with Crippen LogP contribution in [0, 0.1) is 6.92 Å². The predicted molar refractivity (Wildman–Crippen MR) is 99.0 cm³/mol. The predicted octanol–water partition coefficient (Wildman–Crippen LogP) is 4.34. The highest BCUT2D eigenvalue weighted by Gasteiger charge is 2.05. The maximum Gasteiger partial charge on any atom is 0.315 e. The second-order valence-corrected chi connectivity index (χ2v) is 7.37. The molecule has 4 nitrogen and oxygen atoms in total. The van der Waals surface area contributed by atoms with Crippen LogP contribution in [0.5, 0.6) is 0 Å². The summed E-state index contributed by atoms with van der Waals surface area (Å²) >= 11 is 5.03. The zero-order valence-electron chi connectivity index (χ0n) is 12.8. The van der Waals surface area contributed by atoms with E-state index in [0.29, 0.717) is 13.1 Å². The molecule has 3 rings (SSSR count). The van der Waals surface area contributed by atoms with E-state index in [1.807, 2.05) is 17.6 Å². The number of fused-ring (bicyclic) bond motifs is 1. The van der Waals surface area contributed by atoms with Crippen molar-refractivity contribution in [2.45, 2.75) is 19.9 Å². The van der Waals surface area contributed by atoms with Gasteiger partial charge in [-0.3, -0.25) is 0 Å². The van der Waals surface area contributed by atoms with E-state index < -0.39 is 0 Å². The average Bonchev–Trinajstić information content (AvgIpc) is 3.11. The van der Waals surface area contributed by atoms with Crippen molar-refractivity contribution in [2.75, 3.05) is 6.54 Å². The number of urea groups is 1. The number of amides is 2. The van der Waals surface area contributed by atoms with Gasteiger partial charge in [-0.05, 0) is 52.5 Å². The van der Waals surface area contributed by atoms with E-state index in [-0.39, 0.29) is 6.03 Å². The zero-order chi connectivity index (χ0) is 16.2. The molecule has 0 aliphatic heterocycles. The van der Waals surface area contributed by atoms with E-state index in [1.54, 1.807) is 11.3 Å². The van der Waals surface area contributed by atoms with Crippen molar-refractivity contribution >= 4 is 44.2 Å². The van der Waals surface area contributed by atoms with Crippen molar-refractivity contribution in [2.24, 2.45) is 0 Å². The van der Waals surface area contributed by atoms with Crippen LogP contribution in [-0.2, 0) is 13.0 Å². The smallest absolute Gasteiger partial charge is 0.315 e.